The molecule has 3 aromatic rings. The minimum Gasteiger partial charge on any atom is -1.00 e. The van der Waals surface area contributed by atoms with Crippen molar-refractivity contribution in [2.75, 3.05) is 0 Å². The second-order valence-electron chi connectivity index (χ2n) is 4.94. The van der Waals surface area contributed by atoms with Crippen LogP contribution in [-0.2, 0) is 6.54 Å². The fourth-order valence-corrected chi connectivity index (χ4v) is 2.26. The number of aromatic nitrogens is 1. The molecule has 0 unspecified atom stereocenters. The van der Waals surface area contributed by atoms with Gasteiger partial charge in [-0.1, -0.05) is 60.7 Å². The van der Waals surface area contributed by atoms with Crippen molar-refractivity contribution in [1.82, 2.24) is 0 Å². The van der Waals surface area contributed by atoms with Crippen LogP contribution in [0.25, 0.3) is 0 Å². The Labute approximate surface area is 140 Å². The van der Waals surface area contributed by atoms with Gasteiger partial charge in [0.1, 0.15) is 0 Å². The van der Waals surface area contributed by atoms with Gasteiger partial charge in [0.2, 0.25) is 0 Å². The quantitative estimate of drug-likeness (QED) is 0.486. The maximum Gasteiger partial charge on any atom is 0.193 e. The number of rotatable bonds is 4. The highest BCUT2D eigenvalue weighted by atomic mass is 79.9. The van der Waals surface area contributed by atoms with Crippen molar-refractivity contribution < 1.29 is 26.3 Å². The lowest BCUT2D eigenvalue weighted by molar-refractivity contribution is -0.688. The van der Waals surface area contributed by atoms with Crippen LogP contribution in [0.3, 0.4) is 0 Å². The van der Waals surface area contributed by atoms with E-state index in [1.165, 1.54) is 5.56 Å². The van der Waals surface area contributed by atoms with E-state index in [1.807, 2.05) is 73.1 Å². The molecule has 0 fully saturated rings. The predicted molar refractivity (Wildman–Crippen MR) is 82.1 cm³/mol. The van der Waals surface area contributed by atoms with Gasteiger partial charge in [-0.3, -0.25) is 4.79 Å². The first-order valence-electron chi connectivity index (χ1n) is 6.96. The van der Waals surface area contributed by atoms with Crippen LogP contribution in [0.15, 0.2) is 85.2 Å². The summed E-state index contributed by atoms with van der Waals surface area (Å²) >= 11 is 0. The third-order valence-corrected chi connectivity index (χ3v) is 3.40. The molecular formula is C19H16BrNO. The number of hydrogen-bond donors (Lipinski definition) is 0. The summed E-state index contributed by atoms with van der Waals surface area (Å²) in [5.41, 5.74) is 2.67. The van der Waals surface area contributed by atoms with Crippen LogP contribution in [-0.4, -0.2) is 5.78 Å². The van der Waals surface area contributed by atoms with E-state index >= 15 is 0 Å². The zero-order valence-electron chi connectivity index (χ0n) is 12.0. The fraction of sp³-hybridized carbons (Fsp3) is 0.0526. The van der Waals surface area contributed by atoms with E-state index in [2.05, 4.69) is 16.7 Å². The first-order valence-corrected chi connectivity index (χ1v) is 6.96. The van der Waals surface area contributed by atoms with Gasteiger partial charge >= 0.3 is 0 Å². The van der Waals surface area contributed by atoms with Crippen LogP contribution in [0.2, 0.25) is 0 Å². The van der Waals surface area contributed by atoms with Gasteiger partial charge in [0, 0.05) is 28.8 Å². The molecule has 22 heavy (non-hydrogen) atoms. The highest BCUT2D eigenvalue weighted by Crippen LogP contribution is 2.08. The van der Waals surface area contributed by atoms with Gasteiger partial charge in [-0.15, -0.1) is 0 Å². The van der Waals surface area contributed by atoms with Gasteiger partial charge in [-0.25, -0.2) is 4.57 Å². The van der Waals surface area contributed by atoms with Crippen molar-refractivity contribution in [3.05, 3.63) is 102 Å². The van der Waals surface area contributed by atoms with Crippen molar-refractivity contribution in [2.45, 2.75) is 6.54 Å². The first kappa shape index (κ1) is 16.1. The number of pyridine rings is 1. The standard InChI is InChI=1S/C19H16NO.BrH/c21-19(17-9-5-2-6-10-17)18-11-13-20(14-12-18)15-16-7-3-1-4-8-16;/h1-14H,15H2;1H/q+1;/p-1. The predicted octanol–water partition coefficient (Wildman–Crippen LogP) is 0.257. The highest BCUT2D eigenvalue weighted by molar-refractivity contribution is 6.08. The van der Waals surface area contributed by atoms with Crippen LogP contribution in [0.4, 0.5) is 0 Å². The Morgan fingerprint density at radius 3 is 1.82 bits per heavy atom. The lowest BCUT2D eigenvalue weighted by Crippen LogP contribution is -3.00. The minimum absolute atomic E-state index is 0. The Hall–Kier alpha value is -2.26. The van der Waals surface area contributed by atoms with Crippen molar-refractivity contribution in [2.24, 2.45) is 0 Å². The minimum atomic E-state index is 0. The normalized spacial score (nSPS) is 9.82. The molecule has 0 saturated heterocycles. The topological polar surface area (TPSA) is 20.9 Å². The van der Waals surface area contributed by atoms with Gasteiger partial charge in [-0.05, 0) is 0 Å². The van der Waals surface area contributed by atoms with Gasteiger partial charge in [0.05, 0.1) is 0 Å². The molecule has 2 nitrogen and oxygen atoms in total. The number of hydrogen-bond acceptors (Lipinski definition) is 1. The average molecular weight is 354 g/mol. The molecule has 0 atom stereocenters. The van der Waals surface area contributed by atoms with E-state index < -0.39 is 0 Å². The fourth-order valence-electron chi connectivity index (χ4n) is 2.26. The Morgan fingerprint density at radius 2 is 1.23 bits per heavy atom. The lowest BCUT2D eigenvalue weighted by atomic mass is 10.0. The highest BCUT2D eigenvalue weighted by Gasteiger charge is 2.10. The maximum absolute atomic E-state index is 12.3. The molecule has 1 heterocycles. The average Bonchev–Trinajstić information content (AvgIpc) is 2.57. The molecule has 0 spiro atoms. The summed E-state index contributed by atoms with van der Waals surface area (Å²) in [7, 11) is 0. The van der Waals surface area contributed by atoms with Crippen molar-refractivity contribution in [1.29, 1.82) is 0 Å². The molecule has 2 aromatic carbocycles. The van der Waals surface area contributed by atoms with Crippen LogP contribution < -0.4 is 21.5 Å². The summed E-state index contributed by atoms with van der Waals surface area (Å²) in [6.07, 6.45) is 3.90. The molecule has 0 aliphatic heterocycles. The third kappa shape index (κ3) is 3.89. The van der Waals surface area contributed by atoms with E-state index in [4.69, 9.17) is 0 Å². The SMILES string of the molecule is O=C(c1ccccc1)c1cc[n+](Cc2ccccc2)cc1.[Br-]. The molecule has 0 radical (unpaired) electrons. The van der Waals surface area contributed by atoms with Crippen LogP contribution in [0.5, 0.6) is 0 Å². The molecule has 0 N–H and O–H groups in total. The molecular weight excluding hydrogens is 338 g/mol. The summed E-state index contributed by atoms with van der Waals surface area (Å²) in [5, 5.41) is 0. The van der Waals surface area contributed by atoms with Crippen LogP contribution in [0, 0.1) is 0 Å². The van der Waals surface area contributed by atoms with E-state index in [9.17, 15) is 4.79 Å². The number of benzene rings is 2. The van der Waals surface area contributed by atoms with Crippen molar-refractivity contribution in [3.63, 3.8) is 0 Å². The number of carbonyl (C=O) groups is 1. The Kier molecular flexibility index (Phi) is 5.61. The summed E-state index contributed by atoms with van der Waals surface area (Å²) in [4.78, 5) is 12.3. The second-order valence-corrected chi connectivity index (χ2v) is 4.94. The smallest absolute Gasteiger partial charge is 0.193 e. The lowest BCUT2D eigenvalue weighted by Gasteiger charge is -2.01. The molecule has 3 heteroatoms. The van der Waals surface area contributed by atoms with Crippen LogP contribution >= 0.6 is 0 Å². The summed E-state index contributed by atoms with van der Waals surface area (Å²) in [6, 6.07) is 23.4. The zero-order valence-corrected chi connectivity index (χ0v) is 13.6. The Balaban J connectivity index is 0.00000176. The zero-order chi connectivity index (χ0) is 14.5. The number of carbonyl (C=O) groups excluding carboxylic acids is 1. The molecule has 0 aliphatic rings. The van der Waals surface area contributed by atoms with Crippen molar-refractivity contribution >= 4 is 5.78 Å². The molecule has 3 rings (SSSR count). The van der Waals surface area contributed by atoms with Gasteiger partial charge < -0.3 is 17.0 Å². The number of halogens is 1. The van der Waals surface area contributed by atoms with Gasteiger partial charge in [0.25, 0.3) is 0 Å². The molecule has 0 saturated carbocycles. The maximum atomic E-state index is 12.3. The van der Waals surface area contributed by atoms with E-state index in [0.717, 1.165) is 12.1 Å². The number of ketones is 1. The summed E-state index contributed by atoms with van der Waals surface area (Å²) < 4.78 is 2.07. The molecule has 0 bridgehead atoms. The third-order valence-electron chi connectivity index (χ3n) is 3.40. The second kappa shape index (κ2) is 7.66. The molecule has 0 amide bonds. The van der Waals surface area contributed by atoms with Gasteiger partial charge in [-0.2, -0.15) is 0 Å². The van der Waals surface area contributed by atoms with E-state index in [-0.39, 0.29) is 22.8 Å². The Bertz CT molecular complexity index is 724. The van der Waals surface area contributed by atoms with E-state index in [0.29, 0.717) is 5.56 Å². The summed E-state index contributed by atoms with van der Waals surface area (Å²) in [6.45, 7) is 0.806. The largest absolute Gasteiger partial charge is 1.00 e. The Morgan fingerprint density at radius 1 is 0.727 bits per heavy atom. The number of nitrogens with zero attached hydrogens (tertiary/aromatic N) is 1. The first-order chi connectivity index (χ1) is 10.3. The molecule has 110 valence electrons. The summed E-state index contributed by atoms with van der Waals surface area (Å²) in [5.74, 6) is 0.0578. The molecule has 1 aromatic heterocycles. The van der Waals surface area contributed by atoms with Crippen molar-refractivity contribution in [3.8, 4) is 0 Å². The van der Waals surface area contributed by atoms with Crippen LogP contribution in [0.1, 0.15) is 21.5 Å². The monoisotopic (exact) mass is 353 g/mol. The van der Waals surface area contributed by atoms with E-state index in [1.54, 1.807) is 0 Å². The van der Waals surface area contributed by atoms with Gasteiger partial charge in [0.15, 0.2) is 24.7 Å². The molecule has 0 aliphatic carbocycles.